The molecule has 12 heteroatoms. The van der Waals surface area contributed by atoms with Crippen molar-refractivity contribution in [3.63, 3.8) is 0 Å². The van der Waals surface area contributed by atoms with Crippen LogP contribution in [0.5, 0.6) is 5.75 Å². The van der Waals surface area contributed by atoms with Crippen molar-refractivity contribution in [1.29, 1.82) is 0 Å². The van der Waals surface area contributed by atoms with E-state index < -0.39 is 47.0 Å². The highest BCUT2D eigenvalue weighted by molar-refractivity contribution is 5.94. The van der Waals surface area contributed by atoms with E-state index in [1.807, 2.05) is 76.2 Å². The van der Waals surface area contributed by atoms with Gasteiger partial charge >= 0.3 is 12.1 Å². The SMILES string of the molecule is CC(=O)N[C@@H](CC(=O)OC(C)(C)C)C(=O)N[C@@H](CCc1ccccc1)C(=O)NCc1cc(OC2CCN(C(=O)OC(C)(C)C)CC2)ccc1C. The number of carbonyl (C=O) groups excluding carboxylic acids is 5. The van der Waals surface area contributed by atoms with Crippen LogP contribution in [-0.4, -0.2) is 77.2 Å². The fraction of sp³-hybridized carbons (Fsp3) is 0.553. The summed E-state index contributed by atoms with van der Waals surface area (Å²) in [4.78, 5) is 65.7. The molecule has 1 aliphatic rings. The number of aryl methyl sites for hydroxylation is 2. The highest BCUT2D eigenvalue weighted by Crippen LogP contribution is 2.23. The highest BCUT2D eigenvalue weighted by Gasteiger charge is 2.30. The minimum atomic E-state index is -1.22. The van der Waals surface area contributed by atoms with Crippen LogP contribution in [0.4, 0.5) is 4.79 Å². The van der Waals surface area contributed by atoms with E-state index in [4.69, 9.17) is 14.2 Å². The monoisotopic (exact) mass is 694 g/mol. The maximum absolute atomic E-state index is 13.6. The van der Waals surface area contributed by atoms with E-state index in [0.717, 1.165) is 16.7 Å². The molecule has 0 radical (unpaired) electrons. The number of benzene rings is 2. The van der Waals surface area contributed by atoms with E-state index in [2.05, 4.69) is 16.0 Å². The van der Waals surface area contributed by atoms with Gasteiger partial charge in [0, 0.05) is 39.4 Å². The van der Waals surface area contributed by atoms with Crippen molar-refractivity contribution in [3.05, 3.63) is 65.2 Å². The first-order valence-corrected chi connectivity index (χ1v) is 17.2. The Labute approximate surface area is 296 Å². The molecule has 2 aromatic rings. The molecule has 0 spiro atoms. The Morgan fingerprint density at radius 2 is 1.48 bits per heavy atom. The second-order valence-corrected chi connectivity index (χ2v) is 14.7. The minimum Gasteiger partial charge on any atom is -0.490 e. The van der Waals surface area contributed by atoms with Gasteiger partial charge in [0.1, 0.15) is 35.1 Å². The fourth-order valence-electron chi connectivity index (χ4n) is 5.39. The van der Waals surface area contributed by atoms with Crippen LogP contribution in [0.25, 0.3) is 0 Å². The van der Waals surface area contributed by atoms with Gasteiger partial charge in [-0.2, -0.15) is 0 Å². The van der Waals surface area contributed by atoms with Gasteiger partial charge in [-0.1, -0.05) is 36.4 Å². The zero-order valence-corrected chi connectivity index (χ0v) is 30.7. The van der Waals surface area contributed by atoms with E-state index in [0.29, 0.717) is 38.1 Å². The lowest BCUT2D eigenvalue weighted by Crippen LogP contribution is -2.54. The summed E-state index contributed by atoms with van der Waals surface area (Å²) in [5.41, 5.74) is 1.46. The van der Waals surface area contributed by atoms with Gasteiger partial charge in [0.2, 0.25) is 17.7 Å². The average Bonchev–Trinajstić information content (AvgIpc) is 3.01. The van der Waals surface area contributed by atoms with Crippen LogP contribution in [0, 0.1) is 6.92 Å². The van der Waals surface area contributed by atoms with Crippen LogP contribution in [0.3, 0.4) is 0 Å². The zero-order valence-electron chi connectivity index (χ0n) is 30.7. The van der Waals surface area contributed by atoms with Crippen LogP contribution in [0.15, 0.2) is 48.5 Å². The van der Waals surface area contributed by atoms with Gasteiger partial charge < -0.3 is 35.1 Å². The number of hydrogen-bond acceptors (Lipinski definition) is 8. The minimum absolute atomic E-state index is 0.0753. The molecule has 12 nitrogen and oxygen atoms in total. The smallest absolute Gasteiger partial charge is 0.410 e. The normalized spacial score (nSPS) is 14.9. The van der Waals surface area contributed by atoms with Crippen LogP contribution < -0.4 is 20.7 Å². The predicted octanol–water partition coefficient (Wildman–Crippen LogP) is 4.74. The van der Waals surface area contributed by atoms with Gasteiger partial charge in [-0.15, -0.1) is 0 Å². The van der Waals surface area contributed by atoms with Crippen LogP contribution in [-0.2, 0) is 41.6 Å². The van der Waals surface area contributed by atoms with E-state index in [9.17, 15) is 24.0 Å². The Hall–Kier alpha value is -4.61. The molecule has 0 aliphatic carbocycles. The van der Waals surface area contributed by atoms with Gasteiger partial charge in [0.25, 0.3) is 0 Å². The number of esters is 1. The summed E-state index contributed by atoms with van der Waals surface area (Å²) in [7, 11) is 0. The fourth-order valence-corrected chi connectivity index (χ4v) is 5.39. The molecule has 0 unspecified atom stereocenters. The van der Waals surface area contributed by atoms with Crippen LogP contribution in [0.1, 0.15) is 90.8 Å². The van der Waals surface area contributed by atoms with Gasteiger partial charge in [0.05, 0.1) is 6.42 Å². The molecular weight excluding hydrogens is 640 g/mol. The van der Waals surface area contributed by atoms with Crippen molar-refractivity contribution in [2.45, 2.75) is 123 Å². The molecule has 2 aromatic carbocycles. The summed E-state index contributed by atoms with van der Waals surface area (Å²) in [6.45, 7) is 15.1. The summed E-state index contributed by atoms with van der Waals surface area (Å²) in [6.07, 6.45) is 1.33. The van der Waals surface area contributed by atoms with E-state index in [1.165, 1.54) is 6.92 Å². The van der Waals surface area contributed by atoms with Crippen molar-refractivity contribution in [1.82, 2.24) is 20.9 Å². The van der Waals surface area contributed by atoms with E-state index in [1.54, 1.807) is 25.7 Å². The Morgan fingerprint density at radius 1 is 0.840 bits per heavy atom. The third-order valence-electron chi connectivity index (χ3n) is 7.85. The molecule has 1 fully saturated rings. The van der Waals surface area contributed by atoms with Gasteiger partial charge in [-0.05, 0) is 90.1 Å². The highest BCUT2D eigenvalue weighted by atomic mass is 16.6. The first-order chi connectivity index (χ1) is 23.4. The Kier molecular flexibility index (Phi) is 14.2. The molecule has 1 heterocycles. The first-order valence-electron chi connectivity index (χ1n) is 17.2. The maximum Gasteiger partial charge on any atom is 0.410 e. The molecule has 3 N–H and O–H groups in total. The Balaban J connectivity index is 1.67. The largest absolute Gasteiger partial charge is 0.490 e. The molecule has 1 saturated heterocycles. The van der Waals surface area contributed by atoms with Gasteiger partial charge in [-0.25, -0.2) is 4.79 Å². The molecule has 2 atom stereocenters. The number of nitrogens with zero attached hydrogens (tertiary/aromatic N) is 1. The molecule has 0 bridgehead atoms. The first kappa shape index (κ1) is 39.8. The van der Waals surface area contributed by atoms with Crippen molar-refractivity contribution in [3.8, 4) is 5.75 Å². The van der Waals surface area contributed by atoms with Crippen molar-refractivity contribution < 1.29 is 38.2 Å². The number of likely N-dealkylation sites (tertiary alicyclic amines) is 1. The molecule has 0 saturated carbocycles. The van der Waals surface area contributed by atoms with Gasteiger partial charge in [-0.3, -0.25) is 19.2 Å². The van der Waals surface area contributed by atoms with Crippen molar-refractivity contribution in [2.75, 3.05) is 13.1 Å². The third-order valence-corrected chi connectivity index (χ3v) is 7.85. The number of nitrogens with one attached hydrogen (secondary N) is 3. The lowest BCUT2D eigenvalue weighted by molar-refractivity contribution is -0.156. The average molecular weight is 695 g/mol. The summed E-state index contributed by atoms with van der Waals surface area (Å²) >= 11 is 0. The number of amides is 4. The predicted molar refractivity (Wildman–Crippen MR) is 189 cm³/mol. The van der Waals surface area contributed by atoms with Gasteiger partial charge in [0.15, 0.2) is 0 Å². The van der Waals surface area contributed by atoms with Crippen LogP contribution in [0.2, 0.25) is 0 Å². The number of carbonyl (C=O) groups is 5. The van der Waals surface area contributed by atoms with Crippen molar-refractivity contribution in [2.24, 2.45) is 0 Å². The summed E-state index contributed by atoms with van der Waals surface area (Å²) < 4.78 is 17.1. The third kappa shape index (κ3) is 14.1. The number of hydrogen-bond donors (Lipinski definition) is 3. The quantitative estimate of drug-likeness (QED) is 0.254. The summed E-state index contributed by atoms with van der Waals surface area (Å²) in [5.74, 6) is -1.56. The summed E-state index contributed by atoms with van der Waals surface area (Å²) in [5, 5.41) is 8.23. The maximum atomic E-state index is 13.6. The standard InChI is InChI=1S/C38H54N4O8/c1-25-14-16-30(48-29-18-20-42(21-19-29)36(47)50-38(6,7)8)22-28(25)24-39-34(45)31(17-15-27-12-10-9-11-13-27)41-35(46)32(40-26(2)43)23-33(44)49-37(3,4)5/h9-14,16,22,29,31-32H,15,17-21,23-24H2,1-8H3,(H,39,45)(H,40,43)(H,41,46)/t31-,32-/m0/s1. The van der Waals surface area contributed by atoms with Crippen molar-refractivity contribution >= 4 is 29.8 Å². The molecule has 50 heavy (non-hydrogen) atoms. The molecule has 1 aliphatic heterocycles. The molecular formula is C38H54N4O8. The molecule has 3 rings (SSSR count). The number of rotatable bonds is 13. The molecule has 0 aromatic heterocycles. The number of ether oxygens (including phenoxy) is 3. The second kappa shape index (κ2) is 17.9. The van der Waals surface area contributed by atoms with E-state index in [-0.39, 0.29) is 31.6 Å². The molecule has 274 valence electrons. The summed E-state index contributed by atoms with van der Waals surface area (Å²) in [6, 6.07) is 13.1. The van der Waals surface area contributed by atoms with Crippen LogP contribution >= 0.6 is 0 Å². The second-order valence-electron chi connectivity index (χ2n) is 14.7. The lowest BCUT2D eigenvalue weighted by Gasteiger charge is -2.33. The Bertz CT molecular complexity index is 1470. The molecule has 4 amide bonds. The topological polar surface area (TPSA) is 152 Å². The lowest BCUT2D eigenvalue weighted by atomic mass is 10.0. The number of piperidine rings is 1. The van der Waals surface area contributed by atoms with E-state index >= 15 is 0 Å². The Morgan fingerprint density at radius 3 is 2.08 bits per heavy atom. The zero-order chi connectivity index (χ0) is 37.1.